The Morgan fingerprint density at radius 2 is 1.80 bits per heavy atom. The van der Waals surface area contributed by atoms with Crippen LogP contribution in [-0.4, -0.2) is 100 Å². The van der Waals surface area contributed by atoms with Crippen molar-refractivity contribution < 1.29 is 48.0 Å². The van der Waals surface area contributed by atoms with Crippen LogP contribution in [0, 0.1) is 40.3 Å². The minimum absolute atomic E-state index is 0.00365. The van der Waals surface area contributed by atoms with Crippen LogP contribution >= 0.6 is 0 Å². The topological polar surface area (TPSA) is 165 Å². The molecule has 2 N–H and O–H groups in total. The van der Waals surface area contributed by atoms with E-state index in [1.165, 1.54) is 13.3 Å². The molecule has 328 valence electrons. The lowest BCUT2D eigenvalue weighted by molar-refractivity contribution is -0.178. The lowest BCUT2D eigenvalue weighted by Crippen LogP contribution is -2.61. The number of nitrogens with zero attached hydrogens (tertiary/aromatic N) is 3. The number of esters is 1. The maximum Gasteiger partial charge on any atom is 0.410 e. The number of Topliss-reactive ketones (excluding diaryl/α,β-unsaturated/α-hetero) is 1. The van der Waals surface area contributed by atoms with Crippen LogP contribution in [-0.2, 0) is 19.1 Å². The van der Waals surface area contributed by atoms with Crippen LogP contribution in [0.25, 0.3) is 10.9 Å². The van der Waals surface area contributed by atoms with Gasteiger partial charge in [0.05, 0.1) is 30.2 Å². The lowest BCUT2D eigenvalue weighted by Gasteiger charge is -2.59. The molecule has 3 heterocycles. The van der Waals surface area contributed by atoms with Crippen molar-refractivity contribution in [1.29, 1.82) is 0 Å². The maximum absolute atomic E-state index is 16.5. The number of ketones is 2. The SMILES string of the molecule is COc1c(N2C[C@@H]3CCCN(C(=O)OC(C)(C)C)[C@@H]3C2)c(F)cc2c(=O)c(C(=O)OCC(=O)[C@]3(O)CC[C@@H]4[C@H]5CCC6=CC(=O)C=C[C@@]6(C)[C@@H]5[C@H](O)C[C@]43C)cn(C3CC3)c12. The number of benzene rings is 1. The molecule has 61 heavy (non-hydrogen) atoms. The van der Waals surface area contributed by atoms with Crippen molar-refractivity contribution in [2.45, 2.75) is 122 Å². The third-order valence-electron chi connectivity index (χ3n) is 15.7. The van der Waals surface area contributed by atoms with Crippen LogP contribution in [0.4, 0.5) is 14.9 Å². The average molecular weight is 844 g/mol. The number of fused-ring (bicyclic) bond motifs is 7. The van der Waals surface area contributed by atoms with Gasteiger partial charge in [-0.25, -0.2) is 14.0 Å². The molecular formula is C47H58FN3O10. The molecule has 9 rings (SSSR count). The molecule has 1 aromatic carbocycles. The molecule has 4 saturated carbocycles. The molecule has 5 aliphatic carbocycles. The number of hydrogen-bond acceptors (Lipinski definition) is 11. The molecule has 14 heteroatoms. The lowest BCUT2D eigenvalue weighted by atomic mass is 9.46. The molecule has 1 amide bonds. The van der Waals surface area contributed by atoms with Crippen molar-refractivity contribution in [3.63, 3.8) is 0 Å². The standard InChI is InChI=1S/C47H58FN3O10/c1-44(2,3)61-43(57)50-17-7-8-25-21-49(23-34(25)50)39-33(48)19-30-38(41(39)59-6)51(27-10-11-27)22-31(40(30)55)42(56)60-24-36(54)47(58)16-14-32-29-12-9-26-18-28(52)13-15-45(26,4)37(29)35(53)20-46(32,47)5/h13,15,18-19,22,25,27,29,32,34-35,37,53,58H,7-12,14,16-17,20-21,23-24H2,1-6H3/t25-,29+,32+,34+,35+,37-,45+,46+,47+/m0/s1. The zero-order valence-electron chi connectivity index (χ0n) is 36.0. The van der Waals surface area contributed by atoms with Gasteiger partial charge in [0.25, 0.3) is 0 Å². The Kier molecular flexibility index (Phi) is 9.93. The predicted molar refractivity (Wildman–Crippen MR) is 223 cm³/mol. The molecule has 7 aliphatic rings. The number of anilines is 1. The number of aliphatic hydroxyl groups is 2. The molecule has 2 aromatic rings. The van der Waals surface area contributed by atoms with Gasteiger partial charge in [-0.3, -0.25) is 14.4 Å². The van der Waals surface area contributed by atoms with Crippen molar-refractivity contribution in [3.8, 4) is 5.75 Å². The number of hydrogen-bond donors (Lipinski definition) is 2. The summed E-state index contributed by atoms with van der Waals surface area (Å²) in [7, 11) is 1.42. The molecule has 0 unspecified atom stereocenters. The number of aliphatic hydroxyl groups excluding tert-OH is 1. The number of amides is 1. The van der Waals surface area contributed by atoms with Gasteiger partial charge in [-0.1, -0.05) is 25.5 Å². The Hall–Kier alpha value is -4.56. The number of carbonyl (C=O) groups is 4. The number of rotatable bonds is 7. The third-order valence-corrected chi connectivity index (χ3v) is 15.7. The number of allylic oxidation sites excluding steroid dienone is 4. The number of carbonyl (C=O) groups excluding carboxylic acids is 4. The van der Waals surface area contributed by atoms with E-state index < -0.39 is 63.8 Å². The first-order chi connectivity index (χ1) is 28.8. The first kappa shape index (κ1) is 41.8. The van der Waals surface area contributed by atoms with Crippen LogP contribution in [0.3, 0.4) is 0 Å². The normalized spacial score (nSPS) is 34.3. The quantitative estimate of drug-likeness (QED) is 0.312. The zero-order chi connectivity index (χ0) is 43.6. The minimum Gasteiger partial charge on any atom is -0.492 e. The highest BCUT2D eigenvalue weighted by atomic mass is 19.1. The molecule has 0 spiro atoms. The van der Waals surface area contributed by atoms with Gasteiger partial charge in [-0.05, 0) is 115 Å². The summed E-state index contributed by atoms with van der Waals surface area (Å²) in [6.07, 6.45) is 10.7. The first-order valence-electron chi connectivity index (χ1n) is 22.0. The Morgan fingerprint density at radius 1 is 1.05 bits per heavy atom. The molecule has 9 atom stereocenters. The molecule has 0 bridgehead atoms. The highest BCUT2D eigenvalue weighted by molar-refractivity contribution is 6.01. The Bertz CT molecular complexity index is 2350. The zero-order valence-corrected chi connectivity index (χ0v) is 36.0. The van der Waals surface area contributed by atoms with E-state index in [9.17, 15) is 34.2 Å². The summed E-state index contributed by atoms with van der Waals surface area (Å²) in [6.45, 7) is 9.94. The van der Waals surface area contributed by atoms with Gasteiger partial charge in [0.2, 0.25) is 11.2 Å². The van der Waals surface area contributed by atoms with E-state index in [1.54, 1.807) is 21.6 Å². The predicted octanol–water partition coefficient (Wildman–Crippen LogP) is 6.06. The van der Waals surface area contributed by atoms with Crippen LogP contribution < -0.4 is 15.1 Å². The molecular weight excluding hydrogens is 786 g/mol. The fourth-order valence-electron chi connectivity index (χ4n) is 12.7. The van der Waals surface area contributed by atoms with Gasteiger partial charge in [0.1, 0.15) is 22.5 Å². The van der Waals surface area contributed by atoms with E-state index in [0.29, 0.717) is 38.0 Å². The summed E-state index contributed by atoms with van der Waals surface area (Å²) in [6, 6.07) is 0.843. The van der Waals surface area contributed by atoms with Gasteiger partial charge in [0, 0.05) is 48.6 Å². The van der Waals surface area contributed by atoms with Gasteiger partial charge >= 0.3 is 12.1 Å². The number of methoxy groups -OCH3 is 1. The highest BCUT2D eigenvalue weighted by Crippen LogP contribution is 2.67. The van der Waals surface area contributed by atoms with E-state index in [2.05, 4.69) is 6.92 Å². The molecule has 2 aliphatic heterocycles. The summed E-state index contributed by atoms with van der Waals surface area (Å²) in [5, 5.41) is 23.9. The maximum atomic E-state index is 16.5. The summed E-state index contributed by atoms with van der Waals surface area (Å²) < 4.78 is 35.5. The second-order valence-corrected chi connectivity index (χ2v) is 20.3. The van der Waals surface area contributed by atoms with Crippen LogP contribution in [0.2, 0.25) is 0 Å². The second-order valence-electron chi connectivity index (χ2n) is 20.3. The summed E-state index contributed by atoms with van der Waals surface area (Å²) in [4.78, 5) is 71.2. The van der Waals surface area contributed by atoms with Crippen molar-refractivity contribution in [2.24, 2.45) is 34.5 Å². The molecule has 0 radical (unpaired) electrons. The van der Waals surface area contributed by atoms with Crippen molar-refractivity contribution in [1.82, 2.24) is 9.47 Å². The molecule has 2 saturated heterocycles. The smallest absolute Gasteiger partial charge is 0.410 e. The van der Waals surface area contributed by atoms with Crippen LogP contribution in [0.15, 0.2) is 40.9 Å². The molecule has 1 aromatic heterocycles. The largest absolute Gasteiger partial charge is 0.492 e. The van der Waals surface area contributed by atoms with E-state index in [0.717, 1.165) is 43.7 Å². The minimum atomic E-state index is -1.89. The summed E-state index contributed by atoms with van der Waals surface area (Å²) >= 11 is 0. The fraction of sp³-hybridized carbons (Fsp3) is 0.638. The van der Waals surface area contributed by atoms with Crippen LogP contribution in [0.1, 0.15) is 109 Å². The van der Waals surface area contributed by atoms with E-state index in [4.69, 9.17) is 14.2 Å². The highest BCUT2D eigenvalue weighted by Gasteiger charge is 2.68. The van der Waals surface area contributed by atoms with Crippen molar-refractivity contribution >= 4 is 40.2 Å². The third kappa shape index (κ3) is 6.55. The van der Waals surface area contributed by atoms with Gasteiger partial charge in [0.15, 0.2) is 24.0 Å². The monoisotopic (exact) mass is 843 g/mol. The van der Waals surface area contributed by atoms with E-state index in [1.807, 2.05) is 38.7 Å². The number of ether oxygens (including phenoxy) is 3. The Balaban J connectivity index is 0.963. The molecule has 13 nitrogen and oxygen atoms in total. The second kappa shape index (κ2) is 14.5. The number of piperidine rings is 1. The fourth-order valence-corrected chi connectivity index (χ4v) is 12.7. The van der Waals surface area contributed by atoms with Gasteiger partial charge in [-0.2, -0.15) is 0 Å². The van der Waals surface area contributed by atoms with Gasteiger partial charge < -0.3 is 38.8 Å². The van der Waals surface area contributed by atoms with Gasteiger partial charge in [-0.15, -0.1) is 0 Å². The molecule has 6 fully saturated rings. The Labute approximate surface area is 354 Å². The summed E-state index contributed by atoms with van der Waals surface area (Å²) in [5.74, 6) is -2.56. The van der Waals surface area contributed by atoms with E-state index in [-0.39, 0.29) is 76.8 Å². The average Bonchev–Trinajstić information content (AvgIpc) is 3.89. The van der Waals surface area contributed by atoms with E-state index >= 15 is 4.39 Å². The summed E-state index contributed by atoms with van der Waals surface area (Å²) in [5.41, 5.74) is -3.65. The van der Waals surface area contributed by atoms with Crippen LogP contribution in [0.5, 0.6) is 5.75 Å². The number of aromatic nitrogens is 1. The van der Waals surface area contributed by atoms with Crippen molar-refractivity contribution in [2.75, 3.05) is 38.3 Å². The Morgan fingerprint density at radius 3 is 2.51 bits per heavy atom. The number of likely N-dealkylation sites (tertiary alicyclic amines) is 1. The first-order valence-corrected chi connectivity index (χ1v) is 22.0. The number of pyridine rings is 1. The van der Waals surface area contributed by atoms with Crippen molar-refractivity contribution in [3.05, 3.63) is 57.7 Å². The number of halogens is 1.